The maximum atomic E-state index is 12.5. The van der Waals surface area contributed by atoms with Gasteiger partial charge in [-0.2, -0.15) is 0 Å². The molecular formula is C20H27NO4S2. The molecule has 0 spiro atoms. The highest BCUT2D eigenvalue weighted by Crippen LogP contribution is 2.29. The summed E-state index contributed by atoms with van der Waals surface area (Å²) in [7, 11) is 1.63. The molecule has 27 heavy (non-hydrogen) atoms. The molecule has 5 nitrogen and oxygen atoms in total. The number of ether oxygens (including phenoxy) is 2. The van der Waals surface area contributed by atoms with Crippen molar-refractivity contribution in [1.82, 2.24) is 4.90 Å². The second-order valence-corrected chi connectivity index (χ2v) is 8.37. The lowest BCUT2D eigenvalue weighted by atomic mass is 10.0. The average molecular weight is 410 g/mol. The number of carbonyl (C=O) groups is 1. The number of methoxy groups -OCH3 is 1. The fraction of sp³-hybridized carbons (Fsp3) is 0.500. The molecule has 0 saturated carbocycles. The zero-order chi connectivity index (χ0) is 19.8. The first-order valence-corrected chi connectivity index (χ1v) is 10.4. The summed E-state index contributed by atoms with van der Waals surface area (Å²) in [5.74, 6) is 1.84. The Morgan fingerprint density at radius 1 is 1.41 bits per heavy atom. The lowest BCUT2D eigenvalue weighted by molar-refractivity contribution is -0.130. The Bertz CT molecular complexity index is 660. The molecule has 1 heterocycles. The summed E-state index contributed by atoms with van der Waals surface area (Å²) >= 11 is 6.82. The topological polar surface area (TPSA) is 59.0 Å². The van der Waals surface area contributed by atoms with E-state index in [0.717, 1.165) is 17.1 Å². The highest BCUT2D eigenvalue weighted by molar-refractivity contribution is 8.23. The monoisotopic (exact) mass is 409 g/mol. The molecule has 2 rings (SSSR count). The zero-order valence-corrected chi connectivity index (χ0v) is 17.6. The van der Waals surface area contributed by atoms with Gasteiger partial charge in [0, 0.05) is 11.8 Å². The van der Waals surface area contributed by atoms with Crippen LogP contribution in [0.1, 0.15) is 25.8 Å². The van der Waals surface area contributed by atoms with Gasteiger partial charge in [0.1, 0.15) is 10.1 Å². The molecule has 7 heteroatoms. The van der Waals surface area contributed by atoms with Gasteiger partial charge < -0.3 is 14.6 Å². The van der Waals surface area contributed by atoms with Crippen LogP contribution in [0.3, 0.4) is 0 Å². The lowest BCUT2D eigenvalue weighted by Gasteiger charge is -2.27. The molecule has 1 saturated heterocycles. The van der Waals surface area contributed by atoms with Crippen LogP contribution in [0.5, 0.6) is 5.75 Å². The predicted octanol–water partition coefficient (Wildman–Crippen LogP) is 3.40. The number of thioether (sulfide) groups is 1. The number of amides is 1. The first-order chi connectivity index (χ1) is 12.9. The van der Waals surface area contributed by atoms with Crippen molar-refractivity contribution in [1.29, 1.82) is 0 Å². The van der Waals surface area contributed by atoms with E-state index in [1.165, 1.54) is 11.8 Å². The summed E-state index contributed by atoms with van der Waals surface area (Å²) in [4.78, 5) is 14.2. The van der Waals surface area contributed by atoms with Crippen LogP contribution in [0.15, 0.2) is 36.4 Å². The van der Waals surface area contributed by atoms with Crippen molar-refractivity contribution in [3.8, 4) is 5.75 Å². The normalized spacial score (nSPS) is 18.5. The molecule has 1 aliphatic heterocycles. The largest absolute Gasteiger partial charge is 0.497 e. The van der Waals surface area contributed by atoms with E-state index in [2.05, 4.69) is 13.8 Å². The van der Waals surface area contributed by atoms with Gasteiger partial charge in [0.25, 0.3) is 0 Å². The van der Waals surface area contributed by atoms with E-state index in [9.17, 15) is 9.90 Å². The fourth-order valence-corrected chi connectivity index (χ4v) is 4.40. The molecule has 1 aromatic rings. The lowest BCUT2D eigenvalue weighted by Crippen LogP contribution is -2.42. The summed E-state index contributed by atoms with van der Waals surface area (Å²) in [5, 5.41) is 10.1. The van der Waals surface area contributed by atoms with Gasteiger partial charge in [-0.25, -0.2) is 0 Å². The minimum absolute atomic E-state index is 0.0267. The van der Waals surface area contributed by atoms with E-state index in [4.69, 9.17) is 21.7 Å². The van der Waals surface area contributed by atoms with E-state index >= 15 is 0 Å². The number of nitrogens with zero attached hydrogens (tertiary/aromatic N) is 1. The highest BCUT2D eigenvalue weighted by Gasteiger charge is 2.35. The maximum absolute atomic E-state index is 12.5. The van der Waals surface area contributed by atoms with Crippen molar-refractivity contribution >= 4 is 34.2 Å². The summed E-state index contributed by atoms with van der Waals surface area (Å²) in [6.07, 6.45) is 2.52. The average Bonchev–Trinajstić information content (AvgIpc) is 3.04. The van der Waals surface area contributed by atoms with Crippen molar-refractivity contribution in [2.45, 2.75) is 39.0 Å². The molecule has 1 fully saturated rings. The smallest absolute Gasteiger partial charge is 0.231 e. The van der Waals surface area contributed by atoms with Crippen LogP contribution in [0.2, 0.25) is 0 Å². The van der Waals surface area contributed by atoms with Crippen LogP contribution in [0.4, 0.5) is 0 Å². The first-order valence-electron chi connectivity index (χ1n) is 8.96. The number of rotatable bonds is 9. The van der Waals surface area contributed by atoms with Crippen molar-refractivity contribution in [2.24, 2.45) is 5.92 Å². The third-order valence-corrected chi connectivity index (χ3v) is 5.83. The van der Waals surface area contributed by atoms with Crippen LogP contribution in [0.25, 0.3) is 0 Å². The Kier molecular flexibility index (Phi) is 8.76. The summed E-state index contributed by atoms with van der Waals surface area (Å²) < 4.78 is 11.3. The Hall–Kier alpha value is -1.41. The van der Waals surface area contributed by atoms with E-state index in [1.54, 1.807) is 24.2 Å². The first kappa shape index (κ1) is 21.9. The quantitative estimate of drug-likeness (QED) is 0.383. The van der Waals surface area contributed by atoms with Crippen molar-refractivity contribution in [3.05, 3.63) is 42.0 Å². The van der Waals surface area contributed by atoms with Crippen LogP contribution in [-0.4, -0.2) is 51.8 Å². The number of aliphatic hydroxyl groups is 1. The zero-order valence-electron chi connectivity index (χ0n) is 16.0. The Labute approximate surface area is 170 Å². The predicted molar refractivity (Wildman–Crippen MR) is 113 cm³/mol. The summed E-state index contributed by atoms with van der Waals surface area (Å²) in [6.45, 7) is 4.99. The number of hydrogen-bond acceptors (Lipinski definition) is 6. The van der Waals surface area contributed by atoms with E-state index in [-0.39, 0.29) is 18.4 Å². The minimum Gasteiger partial charge on any atom is -0.497 e. The molecule has 0 radical (unpaired) electrons. The van der Waals surface area contributed by atoms with E-state index in [1.807, 2.05) is 24.3 Å². The highest BCUT2D eigenvalue weighted by atomic mass is 32.2. The van der Waals surface area contributed by atoms with Crippen LogP contribution < -0.4 is 4.74 Å². The standard InChI is InChI=1S/C20H27NO4S2/c1-14(2)18-13-27-20(26)21(18)19(23)11-16(22)5-4-10-25-12-15-6-8-17(24-3)9-7-15/h4-9,14,16,18,22H,10-13H2,1-3H3/b5-4+/t16-,18+/m0/s1. The van der Waals surface area contributed by atoms with Gasteiger partial charge in [-0.3, -0.25) is 9.69 Å². The number of thiocarbonyl (C=S) groups is 1. The maximum Gasteiger partial charge on any atom is 0.231 e. The van der Waals surface area contributed by atoms with Gasteiger partial charge in [0.2, 0.25) is 5.91 Å². The van der Waals surface area contributed by atoms with Crippen molar-refractivity contribution < 1.29 is 19.4 Å². The molecule has 0 aromatic heterocycles. The second kappa shape index (κ2) is 10.8. The van der Waals surface area contributed by atoms with Gasteiger partial charge in [-0.05, 0) is 23.6 Å². The van der Waals surface area contributed by atoms with Gasteiger partial charge in [0.15, 0.2) is 0 Å². The number of hydrogen-bond donors (Lipinski definition) is 1. The Balaban J connectivity index is 1.73. The van der Waals surface area contributed by atoms with Crippen LogP contribution in [-0.2, 0) is 16.1 Å². The van der Waals surface area contributed by atoms with Gasteiger partial charge in [-0.1, -0.05) is 62.1 Å². The molecule has 0 unspecified atom stereocenters. The second-order valence-electron chi connectivity index (χ2n) is 6.71. The Morgan fingerprint density at radius 2 is 2.11 bits per heavy atom. The number of aliphatic hydroxyl groups excluding tert-OH is 1. The molecule has 0 aliphatic carbocycles. The van der Waals surface area contributed by atoms with E-state index in [0.29, 0.717) is 23.5 Å². The van der Waals surface area contributed by atoms with Crippen LogP contribution >= 0.6 is 24.0 Å². The van der Waals surface area contributed by atoms with E-state index < -0.39 is 6.10 Å². The molecule has 148 valence electrons. The fourth-order valence-electron chi connectivity index (χ4n) is 2.74. The third-order valence-electron chi connectivity index (χ3n) is 4.33. The van der Waals surface area contributed by atoms with Gasteiger partial charge >= 0.3 is 0 Å². The molecule has 1 aromatic carbocycles. The van der Waals surface area contributed by atoms with Gasteiger partial charge in [0.05, 0.1) is 32.8 Å². The van der Waals surface area contributed by atoms with Gasteiger partial charge in [-0.15, -0.1) is 0 Å². The van der Waals surface area contributed by atoms with Crippen molar-refractivity contribution in [2.75, 3.05) is 19.5 Å². The molecular weight excluding hydrogens is 382 g/mol. The summed E-state index contributed by atoms with van der Waals surface area (Å²) in [5.41, 5.74) is 1.04. The molecule has 1 N–H and O–H groups in total. The molecule has 0 bridgehead atoms. The molecule has 2 atom stereocenters. The minimum atomic E-state index is -0.844. The Morgan fingerprint density at radius 3 is 2.74 bits per heavy atom. The SMILES string of the molecule is COc1ccc(COC/C=C/[C@H](O)CC(=O)N2C(=S)SC[C@@H]2C(C)C)cc1. The number of carbonyl (C=O) groups excluding carboxylic acids is 1. The molecule has 1 amide bonds. The third kappa shape index (κ3) is 6.60. The number of benzene rings is 1. The summed E-state index contributed by atoms with van der Waals surface area (Å²) in [6, 6.07) is 7.76. The van der Waals surface area contributed by atoms with Crippen molar-refractivity contribution in [3.63, 3.8) is 0 Å². The molecule has 1 aliphatic rings. The van der Waals surface area contributed by atoms with Crippen LogP contribution in [0, 0.1) is 5.92 Å².